The molecule has 0 saturated carbocycles. The molecule has 2 aromatic carbocycles. The number of nitrogens with zero attached hydrogens (tertiary/aromatic N) is 1. The Labute approximate surface area is 201 Å². The minimum absolute atomic E-state index is 0.101. The second-order valence-corrected chi connectivity index (χ2v) is 8.52. The van der Waals surface area contributed by atoms with Gasteiger partial charge in [0.2, 0.25) is 5.91 Å². The minimum Gasteiger partial charge on any atom is -0.493 e. The van der Waals surface area contributed by atoms with Gasteiger partial charge in [-0.15, -0.1) is 0 Å². The highest BCUT2D eigenvalue weighted by atomic mass is 16.5. The molecule has 1 amide bonds. The highest BCUT2D eigenvalue weighted by molar-refractivity contribution is 5.92. The second-order valence-electron chi connectivity index (χ2n) is 8.52. The number of carbonyl (C=O) groups is 2. The van der Waals surface area contributed by atoms with E-state index >= 15 is 0 Å². The monoisotopic (exact) mass is 469 g/mol. The lowest BCUT2D eigenvalue weighted by Crippen LogP contribution is -2.43. The van der Waals surface area contributed by atoms with Gasteiger partial charge in [-0.1, -0.05) is 24.6 Å². The number of esters is 1. The molecule has 0 spiro atoms. The van der Waals surface area contributed by atoms with Crippen molar-refractivity contribution in [1.29, 1.82) is 0 Å². The number of nitrogens with two attached hydrogens (primary N) is 1. The van der Waals surface area contributed by atoms with Crippen molar-refractivity contribution in [2.24, 2.45) is 5.73 Å². The summed E-state index contributed by atoms with van der Waals surface area (Å²) < 4.78 is 16.8. The van der Waals surface area contributed by atoms with Gasteiger partial charge >= 0.3 is 5.97 Å². The topological polar surface area (TPSA) is 103 Å². The summed E-state index contributed by atoms with van der Waals surface area (Å²) in [6.45, 7) is 0.784. The van der Waals surface area contributed by atoms with E-state index in [0.717, 1.165) is 36.9 Å². The number of hydrogen-bond donors (Lipinski definition) is 2. The minimum atomic E-state index is -0.467. The molecule has 8 nitrogen and oxygen atoms in total. The Morgan fingerprint density at radius 3 is 2.62 bits per heavy atom. The van der Waals surface area contributed by atoms with Gasteiger partial charge < -0.3 is 25.3 Å². The maximum Gasteiger partial charge on any atom is 0.323 e. The van der Waals surface area contributed by atoms with Gasteiger partial charge in [0.1, 0.15) is 12.1 Å². The van der Waals surface area contributed by atoms with Gasteiger partial charge in [-0.2, -0.15) is 0 Å². The van der Waals surface area contributed by atoms with Crippen LogP contribution >= 0.6 is 0 Å². The van der Waals surface area contributed by atoms with Crippen LogP contribution in [-0.4, -0.2) is 57.2 Å². The SMILES string of the molecule is COc1ccc(CC[C@@H](OC(=O)[C@@H]2CCCCN2C)c2cccc(NC(=O)CN)c2)cc1OC. The average molecular weight is 470 g/mol. The van der Waals surface area contributed by atoms with E-state index in [2.05, 4.69) is 10.2 Å². The van der Waals surface area contributed by atoms with Gasteiger partial charge in [-0.25, -0.2) is 0 Å². The van der Waals surface area contributed by atoms with Gasteiger partial charge in [0.25, 0.3) is 0 Å². The van der Waals surface area contributed by atoms with Crippen LogP contribution in [0.1, 0.15) is 42.9 Å². The van der Waals surface area contributed by atoms with Crippen LogP contribution in [0.15, 0.2) is 42.5 Å². The van der Waals surface area contributed by atoms with E-state index in [1.165, 1.54) is 0 Å². The number of hydrogen-bond acceptors (Lipinski definition) is 7. The number of piperidine rings is 1. The van der Waals surface area contributed by atoms with E-state index in [-0.39, 0.29) is 24.5 Å². The molecular weight excluding hydrogens is 434 g/mol. The first-order valence-corrected chi connectivity index (χ1v) is 11.7. The second kappa shape index (κ2) is 12.4. The van der Waals surface area contributed by atoms with Crippen LogP contribution in [0, 0.1) is 0 Å². The molecule has 3 N–H and O–H groups in total. The van der Waals surface area contributed by atoms with Crippen LogP contribution in [0.3, 0.4) is 0 Å². The first kappa shape index (κ1) is 25.5. The number of nitrogens with one attached hydrogen (secondary N) is 1. The predicted octanol–water partition coefficient (Wildman–Crippen LogP) is 3.30. The average Bonchev–Trinajstić information content (AvgIpc) is 2.86. The number of aryl methyl sites for hydroxylation is 1. The summed E-state index contributed by atoms with van der Waals surface area (Å²) in [4.78, 5) is 26.9. The van der Waals surface area contributed by atoms with Crippen molar-refractivity contribution in [3.63, 3.8) is 0 Å². The Kier molecular flexibility index (Phi) is 9.30. The Balaban J connectivity index is 1.81. The van der Waals surface area contributed by atoms with Crippen LogP contribution in [0.2, 0.25) is 0 Å². The first-order valence-electron chi connectivity index (χ1n) is 11.7. The van der Waals surface area contributed by atoms with Crippen LogP contribution < -0.4 is 20.5 Å². The van der Waals surface area contributed by atoms with E-state index in [1.54, 1.807) is 20.3 Å². The molecule has 1 aliphatic heterocycles. The van der Waals surface area contributed by atoms with Crippen molar-refractivity contribution in [3.8, 4) is 11.5 Å². The van der Waals surface area contributed by atoms with E-state index < -0.39 is 6.10 Å². The van der Waals surface area contributed by atoms with Gasteiger partial charge in [0, 0.05) is 5.69 Å². The van der Waals surface area contributed by atoms with Crippen LogP contribution in [-0.2, 0) is 20.7 Å². The maximum absolute atomic E-state index is 13.1. The fourth-order valence-electron chi connectivity index (χ4n) is 4.25. The molecule has 184 valence electrons. The number of anilines is 1. The number of benzene rings is 2. The van der Waals surface area contributed by atoms with E-state index in [4.69, 9.17) is 19.9 Å². The third kappa shape index (κ3) is 6.71. The fraction of sp³-hybridized carbons (Fsp3) is 0.462. The lowest BCUT2D eigenvalue weighted by atomic mass is 9.99. The molecule has 3 rings (SSSR count). The van der Waals surface area contributed by atoms with E-state index in [9.17, 15) is 9.59 Å². The number of likely N-dealkylation sites (N-methyl/N-ethyl adjacent to an activating group) is 1. The molecule has 34 heavy (non-hydrogen) atoms. The third-order valence-corrected chi connectivity index (χ3v) is 6.17. The standard InChI is InChI=1S/C26H35N3O5/c1-29-14-5-4-9-21(29)26(31)34-22(19-7-6-8-20(16-19)28-25(30)17-27)12-10-18-11-13-23(32-2)24(15-18)33-3/h6-8,11,13,15-16,21-22H,4-5,9-10,12,14,17,27H2,1-3H3,(H,28,30)/t21-,22+/m0/s1. The van der Waals surface area contributed by atoms with Crippen LogP contribution in [0.5, 0.6) is 11.5 Å². The molecule has 8 heteroatoms. The van der Waals surface area contributed by atoms with Gasteiger partial charge in [-0.05, 0) is 74.7 Å². The van der Waals surface area contributed by atoms with Crippen molar-refractivity contribution < 1.29 is 23.8 Å². The number of amides is 1. The Bertz CT molecular complexity index is 981. The smallest absolute Gasteiger partial charge is 0.323 e. The summed E-state index contributed by atoms with van der Waals surface area (Å²) in [5.74, 6) is 0.831. The fourth-order valence-corrected chi connectivity index (χ4v) is 4.25. The van der Waals surface area contributed by atoms with Gasteiger partial charge in [0.15, 0.2) is 11.5 Å². The molecule has 1 saturated heterocycles. The molecule has 1 heterocycles. The summed E-state index contributed by atoms with van der Waals surface area (Å²) >= 11 is 0. The molecule has 0 aromatic heterocycles. The van der Waals surface area contributed by atoms with Crippen molar-refractivity contribution in [3.05, 3.63) is 53.6 Å². The highest BCUT2D eigenvalue weighted by Crippen LogP contribution is 2.31. The van der Waals surface area contributed by atoms with Crippen LogP contribution in [0.4, 0.5) is 5.69 Å². The number of rotatable bonds is 10. The third-order valence-electron chi connectivity index (χ3n) is 6.17. The van der Waals surface area contributed by atoms with Crippen LogP contribution in [0.25, 0.3) is 0 Å². The Morgan fingerprint density at radius 1 is 1.12 bits per heavy atom. The summed E-state index contributed by atoms with van der Waals surface area (Å²) in [5, 5.41) is 2.77. The van der Waals surface area contributed by atoms with Gasteiger partial charge in [-0.3, -0.25) is 14.5 Å². The molecule has 1 aliphatic rings. The first-order chi connectivity index (χ1) is 16.4. The van der Waals surface area contributed by atoms with E-state index in [1.807, 2.05) is 43.4 Å². The number of carbonyl (C=O) groups excluding carboxylic acids is 2. The molecule has 0 aliphatic carbocycles. The normalized spacial score (nSPS) is 17.0. The molecule has 2 aromatic rings. The molecule has 2 atom stereocenters. The van der Waals surface area contributed by atoms with Crippen molar-refractivity contribution in [2.75, 3.05) is 39.7 Å². The zero-order valence-electron chi connectivity index (χ0n) is 20.2. The van der Waals surface area contributed by atoms with Crippen molar-refractivity contribution in [1.82, 2.24) is 4.90 Å². The Morgan fingerprint density at radius 2 is 1.91 bits per heavy atom. The molecular formula is C26H35N3O5. The van der Waals surface area contributed by atoms with E-state index in [0.29, 0.717) is 30.0 Å². The quantitative estimate of drug-likeness (QED) is 0.515. The number of likely N-dealkylation sites (tertiary alicyclic amines) is 1. The lowest BCUT2D eigenvalue weighted by molar-refractivity contribution is -0.157. The predicted molar refractivity (Wildman–Crippen MR) is 131 cm³/mol. The summed E-state index contributed by atoms with van der Waals surface area (Å²) in [6.07, 6.45) is 3.67. The summed E-state index contributed by atoms with van der Waals surface area (Å²) in [5.41, 5.74) is 7.91. The summed E-state index contributed by atoms with van der Waals surface area (Å²) in [7, 11) is 5.17. The number of methoxy groups -OCH3 is 2. The zero-order chi connectivity index (χ0) is 24.5. The number of ether oxygens (including phenoxy) is 3. The lowest BCUT2D eigenvalue weighted by Gasteiger charge is -2.32. The summed E-state index contributed by atoms with van der Waals surface area (Å²) in [6, 6.07) is 12.9. The zero-order valence-corrected chi connectivity index (χ0v) is 20.2. The molecule has 0 unspecified atom stereocenters. The molecule has 0 bridgehead atoms. The van der Waals surface area contributed by atoms with Gasteiger partial charge in [0.05, 0.1) is 20.8 Å². The van der Waals surface area contributed by atoms with Crippen molar-refractivity contribution in [2.45, 2.75) is 44.2 Å². The maximum atomic E-state index is 13.1. The molecule has 1 fully saturated rings. The Hall–Kier alpha value is -3.10. The largest absolute Gasteiger partial charge is 0.493 e. The highest BCUT2D eigenvalue weighted by Gasteiger charge is 2.29. The van der Waals surface area contributed by atoms with Crippen molar-refractivity contribution >= 4 is 17.6 Å². The molecule has 0 radical (unpaired) electrons.